The van der Waals surface area contributed by atoms with Gasteiger partial charge in [-0.2, -0.15) is 21.6 Å². The molecule has 14 nitrogen and oxygen atoms in total. The van der Waals surface area contributed by atoms with E-state index in [1.54, 1.807) is 43.3 Å². The van der Waals surface area contributed by atoms with Gasteiger partial charge in [0.15, 0.2) is 0 Å². The van der Waals surface area contributed by atoms with Crippen LogP contribution in [0.3, 0.4) is 0 Å². The zero-order chi connectivity index (χ0) is 58.3. The fourth-order valence-electron chi connectivity index (χ4n) is 8.21. The van der Waals surface area contributed by atoms with Gasteiger partial charge in [-0.25, -0.2) is 0 Å². The highest BCUT2D eigenvalue weighted by Crippen LogP contribution is 2.31. The molecular weight excluding hydrogens is 1050 g/mol. The highest BCUT2D eigenvalue weighted by molar-refractivity contribution is 7.88. The number of aryl methyl sites for hydroxylation is 1. The van der Waals surface area contributed by atoms with Gasteiger partial charge in [0, 0.05) is 93.2 Å². The minimum Gasteiger partial charge on any atom is -0.508 e. The Kier molecular flexibility index (Phi) is 20.0. The van der Waals surface area contributed by atoms with Gasteiger partial charge in [-0.3, -0.25) is 14.4 Å². The number of phenols is 1. The third kappa shape index (κ3) is 14.0. The smallest absolute Gasteiger partial charge is 0.508 e. The number of fused-ring (bicyclic) bond motifs is 6. The molecule has 0 bridgehead atoms. The first kappa shape index (κ1) is 59.8. The average Bonchev–Trinajstić information content (AvgIpc) is 3.61. The molecule has 9 aromatic rings. The fraction of sp³-hybridized carbons (Fsp3) is 0.145. The number of benzene rings is 6. The Balaban J connectivity index is 0.000000188. The van der Waals surface area contributed by atoms with Gasteiger partial charge in [-0.1, -0.05) is 48.6 Å². The summed E-state index contributed by atoms with van der Waals surface area (Å²) < 4.78 is 80.7. The summed E-state index contributed by atoms with van der Waals surface area (Å²) >= 11 is 0. The Morgan fingerprint density at radius 1 is 0.487 bits per heavy atom. The predicted molar refractivity (Wildman–Crippen MR) is 319 cm³/mol. The van der Waals surface area contributed by atoms with E-state index in [0.29, 0.717) is 95.1 Å². The minimum atomic E-state index is -5.80. The second-order valence-electron chi connectivity index (χ2n) is 17.6. The molecule has 0 atom stereocenters. The quantitative estimate of drug-likeness (QED) is 0.0357. The van der Waals surface area contributed by atoms with Crippen LogP contribution in [0.4, 0.5) is 30.2 Å². The normalized spacial score (nSPS) is 11.1. The summed E-state index contributed by atoms with van der Waals surface area (Å²) in [5.41, 5.74) is 4.64. The highest BCUT2D eigenvalue weighted by atomic mass is 32.2. The van der Waals surface area contributed by atoms with Crippen molar-refractivity contribution in [3.8, 4) is 11.5 Å². The van der Waals surface area contributed by atoms with Crippen molar-refractivity contribution in [1.82, 2.24) is 0 Å². The molecule has 0 saturated heterocycles. The Bertz CT molecular complexity index is 4000. The zero-order valence-corrected chi connectivity index (χ0v) is 44.7. The van der Waals surface area contributed by atoms with E-state index in [0.717, 1.165) is 40.8 Å². The third-order valence-corrected chi connectivity index (χ3v) is 12.9. The Morgan fingerprint density at radius 2 is 0.787 bits per heavy atom. The van der Waals surface area contributed by atoms with Crippen molar-refractivity contribution in [3.05, 3.63) is 234 Å². The molecule has 9 rings (SSSR count). The maximum Gasteiger partial charge on any atom is 0.534 e. The summed E-state index contributed by atoms with van der Waals surface area (Å²) in [6.07, 6.45) is 12.6. The number of halogens is 3. The first-order valence-corrected chi connectivity index (χ1v) is 26.1. The van der Waals surface area contributed by atoms with Crippen LogP contribution in [-0.2, 0) is 10.1 Å². The van der Waals surface area contributed by atoms with E-state index in [2.05, 4.69) is 64.9 Å². The van der Waals surface area contributed by atoms with Gasteiger partial charge < -0.3 is 43.0 Å². The molecule has 0 unspecified atom stereocenters. The van der Waals surface area contributed by atoms with Gasteiger partial charge in [0.2, 0.25) is 16.3 Å². The lowest BCUT2D eigenvalue weighted by Crippen LogP contribution is -2.28. The number of nitrogens with two attached hydrogens (primary N) is 1. The molecule has 3 N–H and O–H groups in total. The third-order valence-electron chi connectivity index (χ3n) is 11.9. The van der Waals surface area contributed by atoms with E-state index in [-0.39, 0.29) is 38.6 Å². The number of phenolic OH excluding ortho intramolecular Hbond substituents is 1. The number of anilines is 3. The Hall–Kier alpha value is -9.39. The van der Waals surface area contributed by atoms with Crippen LogP contribution in [0.15, 0.2) is 225 Å². The van der Waals surface area contributed by atoms with Crippen molar-refractivity contribution in [2.75, 3.05) is 60.5 Å². The number of aromatic hydroxyl groups is 1. The van der Waals surface area contributed by atoms with Crippen LogP contribution in [0.2, 0.25) is 0 Å². The largest absolute Gasteiger partial charge is 0.534 e. The SMILES string of the molecule is C=CCN.C=CCN(CC=C)c1ccc2c(=O)c3ccc(N(CC=C)CC=C)cc3oc2c1.C=CCN(CC=C)c1ccc2c(=O)c3ccc(O)cc3oc2c1.Cc1ccc2c(=O)c3ccc(OS(=O)(=O)C(F)(F)F)cc3oc2c1. The molecule has 0 spiro atoms. The summed E-state index contributed by atoms with van der Waals surface area (Å²) in [6, 6.07) is 29.3. The van der Waals surface area contributed by atoms with Gasteiger partial charge in [-0.15, -0.1) is 46.1 Å². The van der Waals surface area contributed by atoms with Crippen molar-refractivity contribution in [2.24, 2.45) is 5.73 Å². The van der Waals surface area contributed by atoms with Crippen molar-refractivity contribution >= 4 is 93.0 Å². The molecule has 0 amide bonds. The molecule has 0 saturated carbocycles. The summed E-state index contributed by atoms with van der Waals surface area (Å²) in [5.74, 6) is -0.536. The lowest BCUT2D eigenvalue weighted by Gasteiger charge is -2.22. The molecule has 0 aliphatic carbocycles. The van der Waals surface area contributed by atoms with Gasteiger partial charge in [0.1, 0.15) is 45.0 Å². The van der Waals surface area contributed by atoms with E-state index in [9.17, 15) is 41.1 Å². The molecule has 0 aliphatic heterocycles. The average molecular weight is 1110 g/mol. The van der Waals surface area contributed by atoms with Crippen LogP contribution in [0.5, 0.6) is 11.5 Å². The number of alkyl halides is 3. The van der Waals surface area contributed by atoms with Gasteiger partial charge in [0.25, 0.3) is 0 Å². The van der Waals surface area contributed by atoms with Crippen molar-refractivity contribution in [1.29, 1.82) is 0 Å². The second kappa shape index (κ2) is 26.8. The van der Waals surface area contributed by atoms with Gasteiger partial charge >= 0.3 is 15.6 Å². The molecule has 0 aliphatic rings. The van der Waals surface area contributed by atoms with Crippen LogP contribution >= 0.6 is 0 Å². The molecule has 18 heteroatoms. The van der Waals surface area contributed by atoms with E-state index in [4.69, 9.17) is 19.0 Å². The number of hydrogen-bond acceptors (Lipinski definition) is 14. The van der Waals surface area contributed by atoms with E-state index < -0.39 is 21.4 Å². The molecular formula is C62H59F3N4O10S. The summed E-state index contributed by atoms with van der Waals surface area (Å²) in [4.78, 5) is 44.2. The van der Waals surface area contributed by atoms with Crippen molar-refractivity contribution in [3.63, 3.8) is 0 Å². The lowest BCUT2D eigenvalue weighted by atomic mass is 10.1. The summed E-state index contributed by atoms with van der Waals surface area (Å²) in [5, 5.41) is 12.1. The van der Waals surface area contributed by atoms with Crippen LogP contribution in [0, 0.1) is 6.92 Å². The van der Waals surface area contributed by atoms with Crippen LogP contribution < -0.4 is 40.9 Å². The number of hydrogen-bond donors (Lipinski definition) is 2. The van der Waals surface area contributed by atoms with Gasteiger partial charge in [0.05, 0.1) is 32.3 Å². The minimum absolute atomic E-state index is 0.0302. The van der Waals surface area contributed by atoms with Crippen molar-refractivity contribution < 1.29 is 44.1 Å². The standard InChI is InChI=1S/C25H26N2O2.C19H17NO3.C15H9F3O5S.C3H7N/c1-5-13-26(14-6-2)19-9-11-21-23(17-19)29-24-18-20(10-12-22(24)25(21)28)27(15-7-3)16-8-4;1-3-9-20(10-4-2)13-5-7-15-17(11-13)23-18-12-14(21)6-8-16(18)19(15)22;1-8-2-4-10-12(6-8)22-13-7-9(3-5-11(13)14(10)19)23-24(20,21)15(16,17)18;1-2-3-4/h5-12,17-18H,1-4,13-16H2;3-8,11-12,21H,1-2,9-10H2;2-7H,1H3;2H,1,3-4H2. The first-order valence-electron chi connectivity index (χ1n) is 24.7. The fourth-order valence-corrected chi connectivity index (χ4v) is 8.66. The number of nitrogens with zero attached hydrogens (tertiary/aromatic N) is 3. The maximum atomic E-state index is 13.0. The molecule has 0 radical (unpaired) electrons. The molecule has 3 heterocycles. The predicted octanol–water partition coefficient (Wildman–Crippen LogP) is 12.7. The van der Waals surface area contributed by atoms with Crippen molar-refractivity contribution in [2.45, 2.75) is 12.4 Å². The number of rotatable bonds is 18. The topological polar surface area (TPSA) is 190 Å². The second-order valence-corrected chi connectivity index (χ2v) is 19.2. The van der Waals surface area contributed by atoms with E-state index in [1.807, 2.05) is 85.0 Å². The van der Waals surface area contributed by atoms with Crippen LogP contribution in [0.25, 0.3) is 65.8 Å². The monoisotopic (exact) mass is 1110 g/mol. The summed E-state index contributed by atoms with van der Waals surface area (Å²) in [6.45, 7) is 32.5. The lowest BCUT2D eigenvalue weighted by molar-refractivity contribution is -0.0500. The molecule has 6 aromatic carbocycles. The summed E-state index contributed by atoms with van der Waals surface area (Å²) in [7, 11) is -5.80. The Labute approximate surface area is 459 Å². The molecule has 414 valence electrons. The van der Waals surface area contributed by atoms with E-state index >= 15 is 0 Å². The highest BCUT2D eigenvalue weighted by Gasteiger charge is 2.48. The van der Waals surface area contributed by atoms with Crippen LogP contribution in [0.1, 0.15) is 5.56 Å². The molecule has 0 fully saturated rings. The molecule has 3 aromatic heterocycles. The Morgan fingerprint density at radius 3 is 1.12 bits per heavy atom. The van der Waals surface area contributed by atoms with Crippen LogP contribution in [-0.4, -0.2) is 64.8 Å². The molecule has 80 heavy (non-hydrogen) atoms. The first-order chi connectivity index (χ1) is 38.3. The van der Waals surface area contributed by atoms with E-state index in [1.165, 1.54) is 12.1 Å². The zero-order valence-electron chi connectivity index (χ0n) is 43.9. The van der Waals surface area contributed by atoms with Gasteiger partial charge in [-0.05, 0) is 85.3 Å². The maximum absolute atomic E-state index is 13.0.